The van der Waals surface area contributed by atoms with E-state index in [1.54, 1.807) is 18.2 Å². The molecule has 0 fully saturated rings. The molecule has 1 aromatic carbocycles. The van der Waals surface area contributed by atoms with Crippen molar-refractivity contribution in [2.75, 3.05) is 4.72 Å². The quantitative estimate of drug-likeness (QED) is 0.910. The van der Waals surface area contributed by atoms with Crippen molar-refractivity contribution in [3.63, 3.8) is 0 Å². The monoisotopic (exact) mass is 301 g/mol. The molecule has 1 heterocycles. The number of rotatable bonds is 3. The fourth-order valence-corrected chi connectivity index (χ4v) is 2.51. The Morgan fingerprint density at radius 3 is 2.75 bits per heavy atom. The molecule has 0 saturated carbocycles. The van der Waals surface area contributed by atoms with E-state index >= 15 is 0 Å². The SMILES string of the molecule is O=S(=O)(Nc1cccc(Br)c1)c1ccn[nH]1. The van der Waals surface area contributed by atoms with Gasteiger partial charge in [-0.05, 0) is 24.3 Å². The fourth-order valence-electron chi connectivity index (χ4n) is 1.15. The number of sulfonamides is 1. The third kappa shape index (κ3) is 2.42. The zero-order chi connectivity index (χ0) is 11.6. The Labute approximate surface area is 101 Å². The number of halogens is 1. The average Bonchev–Trinajstić information content (AvgIpc) is 2.69. The summed E-state index contributed by atoms with van der Waals surface area (Å²) in [7, 11) is -3.58. The van der Waals surface area contributed by atoms with Gasteiger partial charge in [-0.25, -0.2) is 0 Å². The highest BCUT2D eigenvalue weighted by atomic mass is 79.9. The van der Waals surface area contributed by atoms with Crippen LogP contribution in [0, 0.1) is 0 Å². The number of aromatic amines is 1. The number of benzene rings is 1. The van der Waals surface area contributed by atoms with Gasteiger partial charge in [-0.1, -0.05) is 22.0 Å². The number of hydrogen-bond donors (Lipinski definition) is 2. The van der Waals surface area contributed by atoms with Crippen LogP contribution < -0.4 is 4.72 Å². The highest BCUT2D eigenvalue weighted by Gasteiger charge is 2.15. The van der Waals surface area contributed by atoms with Gasteiger partial charge in [0.15, 0.2) is 5.03 Å². The molecule has 0 radical (unpaired) electrons. The molecular formula is C9H8BrN3O2S. The van der Waals surface area contributed by atoms with Crippen LogP contribution in [0.1, 0.15) is 0 Å². The van der Waals surface area contributed by atoms with Crippen molar-refractivity contribution in [1.29, 1.82) is 0 Å². The minimum Gasteiger partial charge on any atom is -0.278 e. The summed E-state index contributed by atoms with van der Waals surface area (Å²) in [6.07, 6.45) is 1.38. The van der Waals surface area contributed by atoms with Crippen LogP contribution in [-0.2, 0) is 10.0 Å². The Morgan fingerprint density at radius 1 is 1.31 bits per heavy atom. The predicted molar refractivity (Wildman–Crippen MR) is 63.5 cm³/mol. The average molecular weight is 302 g/mol. The molecule has 0 aliphatic heterocycles. The topological polar surface area (TPSA) is 74.8 Å². The van der Waals surface area contributed by atoms with Crippen molar-refractivity contribution in [2.45, 2.75) is 5.03 Å². The molecule has 0 spiro atoms. The molecule has 2 N–H and O–H groups in total. The van der Waals surface area contributed by atoms with E-state index in [9.17, 15) is 8.42 Å². The second-order valence-electron chi connectivity index (χ2n) is 3.04. The molecule has 0 amide bonds. The van der Waals surface area contributed by atoms with Crippen molar-refractivity contribution < 1.29 is 8.42 Å². The van der Waals surface area contributed by atoms with Crippen LogP contribution in [0.5, 0.6) is 0 Å². The molecule has 2 rings (SSSR count). The van der Waals surface area contributed by atoms with Crippen molar-refractivity contribution in [2.24, 2.45) is 0 Å². The van der Waals surface area contributed by atoms with Crippen LogP contribution in [0.3, 0.4) is 0 Å². The Kier molecular flexibility index (Phi) is 2.97. The number of aromatic nitrogens is 2. The van der Waals surface area contributed by atoms with E-state index in [1.807, 2.05) is 6.07 Å². The molecular weight excluding hydrogens is 294 g/mol. The minimum absolute atomic E-state index is 0.0347. The summed E-state index contributed by atoms with van der Waals surface area (Å²) in [4.78, 5) is 0. The maximum Gasteiger partial charge on any atom is 0.278 e. The van der Waals surface area contributed by atoms with Crippen LogP contribution >= 0.6 is 15.9 Å². The first kappa shape index (κ1) is 11.2. The lowest BCUT2D eigenvalue weighted by Gasteiger charge is -2.05. The fraction of sp³-hybridized carbons (Fsp3) is 0. The Hall–Kier alpha value is -1.34. The first-order valence-electron chi connectivity index (χ1n) is 4.36. The van der Waals surface area contributed by atoms with E-state index in [1.165, 1.54) is 12.3 Å². The van der Waals surface area contributed by atoms with Crippen molar-refractivity contribution in [3.8, 4) is 0 Å². The largest absolute Gasteiger partial charge is 0.278 e. The lowest BCUT2D eigenvalue weighted by Crippen LogP contribution is -2.13. The van der Waals surface area contributed by atoms with Gasteiger partial charge in [0.2, 0.25) is 0 Å². The lowest BCUT2D eigenvalue weighted by atomic mass is 10.3. The number of anilines is 1. The number of H-pyrrole nitrogens is 1. The van der Waals surface area contributed by atoms with Crippen LogP contribution in [0.4, 0.5) is 5.69 Å². The second kappa shape index (κ2) is 4.26. The molecule has 0 aliphatic rings. The van der Waals surface area contributed by atoms with E-state index in [0.29, 0.717) is 5.69 Å². The standard InChI is InChI=1S/C9H8BrN3O2S/c10-7-2-1-3-8(6-7)13-16(14,15)9-4-5-11-12-9/h1-6,13H,(H,11,12). The summed E-state index contributed by atoms with van der Waals surface area (Å²) in [6, 6.07) is 8.29. The molecule has 0 unspecified atom stereocenters. The van der Waals surface area contributed by atoms with Crippen LogP contribution in [0.25, 0.3) is 0 Å². The van der Waals surface area contributed by atoms with E-state index in [0.717, 1.165) is 4.47 Å². The molecule has 0 atom stereocenters. The van der Waals surface area contributed by atoms with Gasteiger partial charge in [0.25, 0.3) is 10.0 Å². The Bertz CT molecular complexity index is 581. The number of hydrogen-bond acceptors (Lipinski definition) is 3. The van der Waals surface area contributed by atoms with Gasteiger partial charge in [0.1, 0.15) is 0 Å². The van der Waals surface area contributed by atoms with E-state index in [4.69, 9.17) is 0 Å². The van der Waals surface area contributed by atoms with Crippen LogP contribution in [0.15, 0.2) is 46.0 Å². The van der Waals surface area contributed by atoms with Gasteiger partial charge in [-0.2, -0.15) is 13.5 Å². The number of nitrogens with one attached hydrogen (secondary N) is 2. The maximum atomic E-state index is 11.8. The Balaban J connectivity index is 2.29. The minimum atomic E-state index is -3.58. The Morgan fingerprint density at radius 2 is 2.12 bits per heavy atom. The summed E-state index contributed by atoms with van der Waals surface area (Å²) in [6.45, 7) is 0. The third-order valence-electron chi connectivity index (χ3n) is 1.84. The zero-order valence-corrected chi connectivity index (χ0v) is 10.4. The maximum absolute atomic E-state index is 11.8. The van der Waals surface area contributed by atoms with E-state index < -0.39 is 10.0 Å². The van der Waals surface area contributed by atoms with Crippen LogP contribution in [0.2, 0.25) is 0 Å². The summed E-state index contributed by atoms with van der Waals surface area (Å²) < 4.78 is 26.8. The third-order valence-corrected chi connectivity index (χ3v) is 3.65. The molecule has 5 nitrogen and oxygen atoms in total. The van der Waals surface area contributed by atoms with Gasteiger partial charge in [-0.3, -0.25) is 9.82 Å². The first-order chi connectivity index (χ1) is 7.58. The summed E-state index contributed by atoms with van der Waals surface area (Å²) in [5.41, 5.74) is 0.490. The normalized spacial score (nSPS) is 11.3. The summed E-state index contributed by atoms with van der Waals surface area (Å²) in [5, 5.41) is 6.03. The van der Waals surface area contributed by atoms with Gasteiger partial charge in [0, 0.05) is 10.2 Å². The molecule has 7 heteroatoms. The highest BCUT2D eigenvalue weighted by Crippen LogP contribution is 2.18. The first-order valence-corrected chi connectivity index (χ1v) is 6.63. The molecule has 0 bridgehead atoms. The van der Waals surface area contributed by atoms with E-state index in [2.05, 4.69) is 30.8 Å². The molecule has 0 aliphatic carbocycles. The molecule has 0 saturated heterocycles. The van der Waals surface area contributed by atoms with Crippen molar-refractivity contribution in [1.82, 2.24) is 10.2 Å². The van der Waals surface area contributed by atoms with Gasteiger partial charge < -0.3 is 0 Å². The van der Waals surface area contributed by atoms with Gasteiger partial charge in [-0.15, -0.1) is 0 Å². The summed E-state index contributed by atoms with van der Waals surface area (Å²) >= 11 is 3.26. The molecule has 84 valence electrons. The van der Waals surface area contributed by atoms with Gasteiger partial charge >= 0.3 is 0 Å². The van der Waals surface area contributed by atoms with E-state index in [-0.39, 0.29) is 5.03 Å². The van der Waals surface area contributed by atoms with Crippen molar-refractivity contribution in [3.05, 3.63) is 41.0 Å². The molecule has 1 aromatic heterocycles. The lowest BCUT2D eigenvalue weighted by molar-refractivity contribution is 0.597. The predicted octanol–water partition coefficient (Wildman–Crippen LogP) is 1.97. The number of nitrogens with zero attached hydrogens (tertiary/aromatic N) is 1. The highest BCUT2D eigenvalue weighted by molar-refractivity contribution is 9.10. The van der Waals surface area contributed by atoms with Crippen LogP contribution in [-0.4, -0.2) is 18.6 Å². The second-order valence-corrected chi connectivity index (χ2v) is 5.60. The summed E-state index contributed by atoms with van der Waals surface area (Å²) in [5.74, 6) is 0. The smallest absolute Gasteiger partial charge is 0.278 e. The van der Waals surface area contributed by atoms with Gasteiger partial charge in [0.05, 0.1) is 6.20 Å². The zero-order valence-electron chi connectivity index (χ0n) is 8.01. The molecule has 2 aromatic rings. The molecule has 16 heavy (non-hydrogen) atoms. The van der Waals surface area contributed by atoms with Crippen molar-refractivity contribution >= 4 is 31.6 Å².